The SMILES string of the molecule is C=C1/C(=C\C=C\[C@@H]2CC[C@](C)(CCCCC(O)(CC)CC)C2(C)C)C[C@@H](O)C[C@@H]1O. The molecule has 0 aromatic heterocycles. The Morgan fingerprint density at radius 3 is 2.43 bits per heavy atom. The number of unbranched alkanes of at least 4 members (excludes halogenated alkanes) is 1. The summed E-state index contributed by atoms with van der Waals surface area (Å²) in [5.41, 5.74) is 1.77. The van der Waals surface area contributed by atoms with Gasteiger partial charge in [-0.3, -0.25) is 0 Å². The maximum Gasteiger partial charge on any atom is 0.0811 e. The molecule has 172 valence electrons. The third-order valence-electron chi connectivity index (χ3n) is 8.83. The molecule has 0 heterocycles. The highest BCUT2D eigenvalue weighted by molar-refractivity contribution is 5.37. The van der Waals surface area contributed by atoms with Crippen LogP contribution in [0.25, 0.3) is 0 Å². The molecule has 0 radical (unpaired) electrons. The Morgan fingerprint density at radius 1 is 1.13 bits per heavy atom. The van der Waals surface area contributed by atoms with E-state index in [1.165, 1.54) is 25.7 Å². The predicted molar refractivity (Wildman–Crippen MR) is 126 cm³/mol. The van der Waals surface area contributed by atoms with E-state index >= 15 is 0 Å². The molecule has 3 heteroatoms. The Hall–Kier alpha value is -0.900. The monoisotopic (exact) mass is 418 g/mol. The van der Waals surface area contributed by atoms with Crippen LogP contribution in [0.4, 0.5) is 0 Å². The number of allylic oxidation sites excluding steroid dienone is 3. The smallest absolute Gasteiger partial charge is 0.0811 e. The summed E-state index contributed by atoms with van der Waals surface area (Å²) in [7, 11) is 0. The molecule has 0 aromatic rings. The maximum absolute atomic E-state index is 10.5. The number of hydrogen-bond acceptors (Lipinski definition) is 3. The lowest BCUT2D eigenvalue weighted by Crippen LogP contribution is -2.34. The van der Waals surface area contributed by atoms with Crippen LogP contribution in [0.3, 0.4) is 0 Å². The molecule has 0 aromatic carbocycles. The van der Waals surface area contributed by atoms with Gasteiger partial charge in [-0.25, -0.2) is 0 Å². The second-order valence-electron chi connectivity index (χ2n) is 10.8. The fourth-order valence-electron chi connectivity index (χ4n) is 5.52. The second-order valence-corrected chi connectivity index (χ2v) is 10.8. The second kappa shape index (κ2) is 10.1. The van der Waals surface area contributed by atoms with Crippen LogP contribution in [0.1, 0.15) is 98.8 Å². The maximum atomic E-state index is 10.5. The topological polar surface area (TPSA) is 60.7 Å². The minimum Gasteiger partial charge on any atom is -0.393 e. The van der Waals surface area contributed by atoms with Crippen molar-refractivity contribution in [2.45, 2.75) is 117 Å². The van der Waals surface area contributed by atoms with Crippen molar-refractivity contribution in [3.63, 3.8) is 0 Å². The van der Waals surface area contributed by atoms with Gasteiger partial charge in [0, 0.05) is 6.42 Å². The molecule has 0 aliphatic heterocycles. The van der Waals surface area contributed by atoms with Gasteiger partial charge in [0.05, 0.1) is 17.8 Å². The highest BCUT2D eigenvalue weighted by atomic mass is 16.3. The molecule has 2 rings (SSSR count). The Labute approximate surface area is 185 Å². The number of aliphatic hydroxyl groups is 3. The summed E-state index contributed by atoms with van der Waals surface area (Å²) in [5, 5.41) is 30.5. The summed E-state index contributed by atoms with van der Waals surface area (Å²) >= 11 is 0. The van der Waals surface area contributed by atoms with Crippen molar-refractivity contribution in [2.75, 3.05) is 0 Å². The average Bonchev–Trinajstić information content (AvgIpc) is 2.92. The molecule has 0 bridgehead atoms. The summed E-state index contributed by atoms with van der Waals surface area (Å²) in [6, 6.07) is 0. The Bertz CT molecular complexity index is 640. The molecule has 0 unspecified atom stereocenters. The van der Waals surface area contributed by atoms with Crippen LogP contribution in [0, 0.1) is 16.7 Å². The van der Waals surface area contributed by atoms with Crippen LogP contribution < -0.4 is 0 Å². The van der Waals surface area contributed by atoms with E-state index in [4.69, 9.17) is 0 Å². The van der Waals surface area contributed by atoms with Gasteiger partial charge in [0.25, 0.3) is 0 Å². The van der Waals surface area contributed by atoms with Crippen molar-refractivity contribution in [3.05, 3.63) is 36.0 Å². The summed E-state index contributed by atoms with van der Waals surface area (Å²) in [4.78, 5) is 0. The van der Waals surface area contributed by atoms with Crippen molar-refractivity contribution in [1.82, 2.24) is 0 Å². The summed E-state index contributed by atoms with van der Waals surface area (Å²) < 4.78 is 0. The highest BCUT2D eigenvalue weighted by Crippen LogP contribution is 2.58. The van der Waals surface area contributed by atoms with E-state index in [0.29, 0.717) is 24.2 Å². The lowest BCUT2D eigenvalue weighted by atomic mass is 9.63. The molecular formula is C27H46O3. The zero-order chi connectivity index (χ0) is 22.6. The first-order valence-electron chi connectivity index (χ1n) is 12.1. The molecule has 30 heavy (non-hydrogen) atoms. The molecule has 0 amide bonds. The fourth-order valence-corrected chi connectivity index (χ4v) is 5.52. The molecule has 3 nitrogen and oxygen atoms in total. The number of rotatable bonds is 9. The summed E-state index contributed by atoms with van der Waals surface area (Å²) in [6.45, 7) is 15.4. The van der Waals surface area contributed by atoms with Gasteiger partial charge >= 0.3 is 0 Å². The molecule has 0 saturated heterocycles. The molecule has 0 spiro atoms. The lowest BCUT2D eigenvalue weighted by Gasteiger charge is -2.41. The minimum absolute atomic E-state index is 0.219. The Kier molecular flexibility index (Phi) is 8.58. The van der Waals surface area contributed by atoms with Gasteiger partial charge < -0.3 is 15.3 Å². The molecular weight excluding hydrogens is 372 g/mol. The van der Waals surface area contributed by atoms with E-state index in [2.05, 4.69) is 53.3 Å². The van der Waals surface area contributed by atoms with Crippen LogP contribution in [-0.4, -0.2) is 33.1 Å². The van der Waals surface area contributed by atoms with E-state index in [1.807, 2.05) is 6.08 Å². The van der Waals surface area contributed by atoms with E-state index in [1.54, 1.807) is 0 Å². The van der Waals surface area contributed by atoms with Gasteiger partial charge in [0.2, 0.25) is 0 Å². The predicted octanol–water partition coefficient (Wildman–Crippen LogP) is 6.09. The van der Waals surface area contributed by atoms with Crippen molar-refractivity contribution < 1.29 is 15.3 Å². The minimum atomic E-state index is -0.627. The van der Waals surface area contributed by atoms with Crippen LogP contribution in [0.2, 0.25) is 0 Å². The van der Waals surface area contributed by atoms with Crippen molar-refractivity contribution in [3.8, 4) is 0 Å². The van der Waals surface area contributed by atoms with E-state index in [-0.39, 0.29) is 5.41 Å². The first kappa shape index (κ1) is 25.4. The first-order valence-corrected chi connectivity index (χ1v) is 12.1. The molecule has 2 aliphatic rings. The van der Waals surface area contributed by atoms with Gasteiger partial charge in [0.15, 0.2) is 0 Å². The summed E-state index contributed by atoms with van der Waals surface area (Å²) in [6.07, 6.45) is 14.9. The molecule has 4 atom stereocenters. The molecule has 3 N–H and O–H groups in total. The van der Waals surface area contributed by atoms with E-state index in [0.717, 1.165) is 36.8 Å². The van der Waals surface area contributed by atoms with Crippen LogP contribution in [-0.2, 0) is 0 Å². The molecule has 2 fully saturated rings. The highest BCUT2D eigenvalue weighted by Gasteiger charge is 2.49. The molecule has 2 saturated carbocycles. The van der Waals surface area contributed by atoms with Gasteiger partial charge in [-0.05, 0) is 72.8 Å². The van der Waals surface area contributed by atoms with Gasteiger partial charge in [0.1, 0.15) is 0 Å². The zero-order valence-electron chi connectivity index (χ0n) is 20.1. The fraction of sp³-hybridized carbons (Fsp3) is 0.778. The molecule has 2 aliphatic carbocycles. The van der Waals surface area contributed by atoms with E-state index in [9.17, 15) is 15.3 Å². The quantitative estimate of drug-likeness (QED) is 0.397. The Balaban J connectivity index is 1.95. The third kappa shape index (κ3) is 5.66. The largest absolute Gasteiger partial charge is 0.393 e. The Morgan fingerprint density at radius 2 is 1.80 bits per heavy atom. The van der Waals surface area contributed by atoms with Crippen LogP contribution in [0.15, 0.2) is 36.0 Å². The van der Waals surface area contributed by atoms with Crippen molar-refractivity contribution in [1.29, 1.82) is 0 Å². The summed E-state index contributed by atoms with van der Waals surface area (Å²) in [5.74, 6) is 0.522. The average molecular weight is 419 g/mol. The third-order valence-corrected chi connectivity index (χ3v) is 8.83. The number of aliphatic hydroxyl groups excluding tert-OH is 2. The van der Waals surface area contributed by atoms with E-state index < -0.39 is 17.8 Å². The zero-order valence-corrected chi connectivity index (χ0v) is 20.1. The van der Waals surface area contributed by atoms with Crippen molar-refractivity contribution in [2.24, 2.45) is 16.7 Å². The lowest BCUT2D eigenvalue weighted by molar-refractivity contribution is 0.0186. The first-order chi connectivity index (χ1) is 14.0. The van der Waals surface area contributed by atoms with Gasteiger partial charge in [-0.2, -0.15) is 0 Å². The normalized spacial score (nSPS) is 33.7. The number of hydrogen-bond donors (Lipinski definition) is 3. The van der Waals surface area contributed by atoms with Crippen molar-refractivity contribution >= 4 is 0 Å². The standard InChI is InChI=1S/C27H46O3/c1-7-27(30,8-2)16-10-9-15-26(6)17-14-22(25(26,4)5)13-11-12-21-18-23(28)19-24(29)20(21)3/h11-13,22-24,28-30H,3,7-10,14-19H2,1-2,4-6H3/b13-11+,21-12-/t22-,23-,24+,26+/m1/s1. The van der Waals surface area contributed by atoms with Gasteiger partial charge in [-0.1, -0.05) is 72.3 Å². The van der Waals surface area contributed by atoms with Crippen LogP contribution >= 0.6 is 0 Å². The van der Waals surface area contributed by atoms with Gasteiger partial charge in [-0.15, -0.1) is 0 Å². The van der Waals surface area contributed by atoms with Crippen LogP contribution in [0.5, 0.6) is 0 Å².